The average molecular weight is 324 g/mol. The van der Waals surface area contributed by atoms with Crippen LogP contribution in [0.1, 0.15) is 69.5 Å². The molecule has 4 heteroatoms. The van der Waals surface area contributed by atoms with Gasteiger partial charge in [-0.2, -0.15) is 5.10 Å². The lowest BCUT2D eigenvalue weighted by Gasteiger charge is -2.10. The van der Waals surface area contributed by atoms with Crippen molar-refractivity contribution in [1.29, 1.82) is 0 Å². The summed E-state index contributed by atoms with van der Waals surface area (Å²) in [5.74, 6) is 1.16. The number of aromatic nitrogens is 2. The Balaban J connectivity index is 2.14. The fraction of sp³-hybridized carbons (Fsp3) is 0.450. The van der Waals surface area contributed by atoms with Gasteiger partial charge in [0.25, 0.3) is 0 Å². The average Bonchev–Trinajstić information content (AvgIpc) is 2.65. The van der Waals surface area contributed by atoms with E-state index in [1.54, 1.807) is 0 Å². The fourth-order valence-electron chi connectivity index (χ4n) is 2.45. The summed E-state index contributed by atoms with van der Waals surface area (Å²) < 4.78 is 0. The monoisotopic (exact) mass is 324 g/mol. The van der Waals surface area contributed by atoms with Gasteiger partial charge in [-0.15, -0.1) is 0 Å². The summed E-state index contributed by atoms with van der Waals surface area (Å²) >= 11 is 0. The summed E-state index contributed by atoms with van der Waals surface area (Å²) in [4.78, 5) is 8.97. The van der Waals surface area contributed by atoms with E-state index in [0.29, 0.717) is 11.9 Å². The molecule has 2 aromatic rings. The number of aryl methyl sites for hydroxylation is 2. The number of nitrogens with one attached hydrogen (secondary N) is 1. The van der Waals surface area contributed by atoms with Crippen molar-refractivity contribution < 1.29 is 0 Å². The number of benzene rings is 1. The Morgan fingerprint density at radius 3 is 2.12 bits per heavy atom. The Kier molecular flexibility index (Phi) is 6.47. The van der Waals surface area contributed by atoms with Gasteiger partial charge in [-0.1, -0.05) is 52.0 Å². The molecule has 0 radical (unpaired) electrons. The Morgan fingerprint density at radius 1 is 1.04 bits per heavy atom. The van der Waals surface area contributed by atoms with Crippen LogP contribution in [-0.2, 0) is 12.8 Å². The van der Waals surface area contributed by atoms with Gasteiger partial charge in [0.05, 0.1) is 5.71 Å². The summed E-state index contributed by atoms with van der Waals surface area (Å²) in [6, 6.07) is 10.7. The van der Waals surface area contributed by atoms with Crippen LogP contribution in [0.4, 0.5) is 5.95 Å². The van der Waals surface area contributed by atoms with Crippen molar-refractivity contribution >= 4 is 11.7 Å². The molecule has 0 spiro atoms. The molecule has 0 aliphatic rings. The van der Waals surface area contributed by atoms with Gasteiger partial charge in [-0.05, 0) is 49.3 Å². The lowest BCUT2D eigenvalue weighted by atomic mass is 9.97. The Hall–Kier alpha value is -2.23. The van der Waals surface area contributed by atoms with Crippen LogP contribution in [-0.4, -0.2) is 15.7 Å². The Labute approximate surface area is 145 Å². The molecule has 1 aromatic heterocycles. The van der Waals surface area contributed by atoms with E-state index in [4.69, 9.17) is 0 Å². The molecule has 1 aromatic carbocycles. The lowest BCUT2D eigenvalue weighted by molar-refractivity contribution is 0.733. The number of rotatable bonds is 7. The first-order valence-corrected chi connectivity index (χ1v) is 8.84. The maximum absolute atomic E-state index is 4.48. The summed E-state index contributed by atoms with van der Waals surface area (Å²) in [5.41, 5.74) is 8.48. The molecule has 0 saturated heterocycles. The van der Waals surface area contributed by atoms with Crippen molar-refractivity contribution in [2.45, 2.75) is 59.8 Å². The molecule has 1 N–H and O–H groups in total. The van der Waals surface area contributed by atoms with Gasteiger partial charge >= 0.3 is 0 Å². The Morgan fingerprint density at radius 2 is 1.62 bits per heavy atom. The number of nitrogens with zero attached hydrogens (tertiary/aromatic N) is 3. The minimum absolute atomic E-state index is 0.571. The Bertz CT molecular complexity index is 667. The molecule has 24 heavy (non-hydrogen) atoms. The van der Waals surface area contributed by atoms with E-state index >= 15 is 0 Å². The maximum atomic E-state index is 4.48. The van der Waals surface area contributed by atoms with Gasteiger partial charge in [0.15, 0.2) is 0 Å². The van der Waals surface area contributed by atoms with Crippen LogP contribution in [0.5, 0.6) is 0 Å². The highest BCUT2D eigenvalue weighted by atomic mass is 15.4. The van der Waals surface area contributed by atoms with Crippen LogP contribution < -0.4 is 5.43 Å². The van der Waals surface area contributed by atoms with E-state index in [1.165, 1.54) is 5.56 Å². The van der Waals surface area contributed by atoms with Gasteiger partial charge < -0.3 is 0 Å². The fourth-order valence-corrected chi connectivity index (χ4v) is 2.45. The molecule has 0 aliphatic carbocycles. The van der Waals surface area contributed by atoms with Crippen LogP contribution in [0.2, 0.25) is 0 Å². The molecule has 2 rings (SSSR count). The molecule has 128 valence electrons. The van der Waals surface area contributed by atoms with Crippen molar-refractivity contribution in [3.05, 3.63) is 52.8 Å². The van der Waals surface area contributed by atoms with E-state index in [2.05, 4.69) is 78.5 Å². The van der Waals surface area contributed by atoms with Crippen molar-refractivity contribution in [2.24, 2.45) is 5.10 Å². The van der Waals surface area contributed by atoms with E-state index in [1.807, 2.05) is 6.92 Å². The van der Waals surface area contributed by atoms with Crippen LogP contribution in [0.15, 0.2) is 35.4 Å². The molecule has 0 saturated carbocycles. The molecular weight excluding hydrogens is 296 g/mol. The summed E-state index contributed by atoms with van der Waals surface area (Å²) in [5, 5.41) is 4.45. The molecule has 1 unspecified atom stereocenters. The normalized spacial score (nSPS) is 13.0. The molecule has 0 bridgehead atoms. The zero-order chi connectivity index (χ0) is 17.5. The molecule has 4 nitrogen and oxygen atoms in total. The lowest BCUT2D eigenvalue weighted by Crippen LogP contribution is -2.05. The van der Waals surface area contributed by atoms with Gasteiger partial charge in [0.1, 0.15) is 0 Å². The molecule has 0 amide bonds. The second-order valence-electron chi connectivity index (χ2n) is 6.12. The van der Waals surface area contributed by atoms with Crippen molar-refractivity contribution in [1.82, 2.24) is 9.97 Å². The standard InChI is InChI=1S/C20H28N4/c1-6-14(4)16-9-11-17(12-10-16)15(5)23-24-20-21-18(7-2)13-19(8-3)22-20/h9-14H,6-8H2,1-5H3,(H,21,22,24). The van der Waals surface area contributed by atoms with Crippen LogP contribution >= 0.6 is 0 Å². The second kappa shape index (κ2) is 8.57. The molecule has 0 aliphatic heterocycles. The smallest absolute Gasteiger partial charge is 0.243 e. The summed E-state index contributed by atoms with van der Waals surface area (Å²) in [6.07, 6.45) is 2.94. The van der Waals surface area contributed by atoms with Gasteiger partial charge in [0, 0.05) is 11.4 Å². The SMILES string of the molecule is CCc1cc(CC)nc(NN=C(C)c2ccc(C(C)CC)cc2)n1. The van der Waals surface area contributed by atoms with Crippen LogP contribution in [0.25, 0.3) is 0 Å². The third-order valence-electron chi connectivity index (χ3n) is 4.39. The summed E-state index contributed by atoms with van der Waals surface area (Å²) in [7, 11) is 0. The van der Waals surface area contributed by atoms with Crippen molar-refractivity contribution in [3.8, 4) is 0 Å². The second-order valence-corrected chi connectivity index (χ2v) is 6.12. The topological polar surface area (TPSA) is 50.2 Å². The predicted molar refractivity (Wildman–Crippen MR) is 102 cm³/mol. The third-order valence-corrected chi connectivity index (χ3v) is 4.39. The summed E-state index contributed by atoms with van der Waals surface area (Å²) in [6.45, 7) is 10.7. The van der Waals surface area contributed by atoms with Crippen LogP contribution in [0, 0.1) is 0 Å². The first kappa shape index (κ1) is 18.1. The largest absolute Gasteiger partial charge is 0.245 e. The quantitative estimate of drug-likeness (QED) is 0.579. The zero-order valence-corrected chi connectivity index (χ0v) is 15.4. The highest BCUT2D eigenvalue weighted by Gasteiger charge is 2.05. The van der Waals surface area contributed by atoms with E-state index < -0.39 is 0 Å². The van der Waals surface area contributed by atoms with Gasteiger partial charge in [-0.25, -0.2) is 15.4 Å². The maximum Gasteiger partial charge on any atom is 0.243 e. The van der Waals surface area contributed by atoms with Crippen molar-refractivity contribution in [2.75, 3.05) is 5.43 Å². The highest BCUT2D eigenvalue weighted by Crippen LogP contribution is 2.19. The highest BCUT2D eigenvalue weighted by molar-refractivity contribution is 5.99. The molecule has 1 atom stereocenters. The van der Waals surface area contributed by atoms with Gasteiger partial charge in [0.2, 0.25) is 5.95 Å². The first-order chi connectivity index (χ1) is 11.6. The number of hydrazone groups is 1. The van der Waals surface area contributed by atoms with E-state index in [-0.39, 0.29) is 0 Å². The minimum Gasteiger partial charge on any atom is -0.245 e. The zero-order valence-electron chi connectivity index (χ0n) is 15.4. The first-order valence-electron chi connectivity index (χ1n) is 8.84. The number of hydrogen-bond acceptors (Lipinski definition) is 4. The molecule has 1 heterocycles. The predicted octanol–water partition coefficient (Wildman–Crippen LogP) is 4.95. The number of hydrogen-bond donors (Lipinski definition) is 1. The molecule has 0 fully saturated rings. The molecular formula is C20H28N4. The minimum atomic E-state index is 0.571. The number of anilines is 1. The van der Waals surface area contributed by atoms with E-state index in [9.17, 15) is 0 Å². The van der Waals surface area contributed by atoms with Crippen molar-refractivity contribution in [3.63, 3.8) is 0 Å². The van der Waals surface area contributed by atoms with Gasteiger partial charge in [-0.3, -0.25) is 0 Å². The van der Waals surface area contributed by atoms with E-state index in [0.717, 1.165) is 41.9 Å². The third kappa shape index (κ3) is 4.63. The van der Waals surface area contributed by atoms with Crippen LogP contribution in [0.3, 0.4) is 0 Å².